The van der Waals surface area contributed by atoms with E-state index in [1.807, 2.05) is 24.5 Å². The van der Waals surface area contributed by atoms with Crippen LogP contribution >= 0.6 is 0 Å². The van der Waals surface area contributed by atoms with Gasteiger partial charge in [-0.2, -0.15) is 0 Å². The second-order valence-electron chi connectivity index (χ2n) is 4.36. The second kappa shape index (κ2) is 6.38. The first kappa shape index (κ1) is 17.0. The minimum Gasteiger partial charge on any atom is -0.412 e. The van der Waals surface area contributed by atoms with Crippen LogP contribution in [0, 0.1) is 10.2 Å². The molecule has 0 radical (unpaired) electrons. The number of hydrogen-bond acceptors (Lipinski definition) is 6. The Morgan fingerprint density at radius 2 is 1.65 bits per heavy atom. The molecule has 4 N–H and O–H groups in total. The molecule has 0 spiro atoms. The molecule has 10 heteroatoms. The van der Waals surface area contributed by atoms with E-state index in [9.17, 15) is 0 Å². The van der Waals surface area contributed by atoms with Gasteiger partial charge >= 0.3 is 0 Å². The van der Waals surface area contributed by atoms with E-state index in [-0.39, 0.29) is 5.48 Å². The summed E-state index contributed by atoms with van der Waals surface area (Å²) in [6.45, 7) is 0. The Kier molecular flexibility index (Phi) is 4.71. The molecule has 0 aliphatic rings. The lowest BCUT2D eigenvalue weighted by atomic mass is 10.1. The summed E-state index contributed by atoms with van der Waals surface area (Å²) in [6.07, 6.45) is 5.45. The molecule has 0 unspecified atom stereocenters. The minimum absolute atomic E-state index is 0. The fourth-order valence-electron chi connectivity index (χ4n) is 2.34. The predicted molar refractivity (Wildman–Crippen MR) is 69.1 cm³/mol. The van der Waals surface area contributed by atoms with Crippen LogP contribution in [0.4, 0.5) is 0 Å². The van der Waals surface area contributed by atoms with Crippen molar-refractivity contribution in [3.63, 3.8) is 0 Å². The van der Waals surface area contributed by atoms with Crippen molar-refractivity contribution in [2.75, 3.05) is 0 Å². The Hall–Kier alpha value is -2.40. The van der Waals surface area contributed by atoms with Gasteiger partial charge in [0.2, 0.25) is 5.52 Å². The fraction of sp³-hybridized carbons (Fsp3) is 0. The molecule has 0 atom stereocenters. The first-order chi connectivity index (χ1) is 10.4. The Labute approximate surface area is 130 Å². The van der Waals surface area contributed by atoms with E-state index in [0.717, 1.165) is 32.8 Å². The number of pyridine rings is 2. The highest BCUT2D eigenvalue weighted by atomic mass is 35.7. The molecular weight excluding hydrogens is 328 g/mol. The van der Waals surface area contributed by atoms with E-state index in [2.05, 4.69) is 32.1 Å². The van der Waals surface area contributed by atoms with E-state index < -0.39 is 10.2 Å². The Morgan fingerprint density at radius 3 is 2.39 bits per heavy atom. The third-order valence-corrected chi connectivity index (χ3v) is 3.06. The number of nitrogens with zero attached hydrogens (tertiary/aromatic N) is 2. The lowest BCUT2D eigenvalue weighted by molar-refractivity contribution is -2.00. The molecule has 1 aromatic carbocycles. The lowest BCUT2D eigenvalue weighted by Crippen LogP contribution is -2.68. The maximum atomic E-state index is 8.49. The lowest BCUT2D eigenvalue weighted by Gasteiger charge is -2.17. The van der Waals surface area contributed by atoms with Gasteiger partial charge in [0.05, 0.1) is 21.8 Å². The van der Waals surface area contributed by atoms with Crippen molar-refractivity contribution in [2.24, 2.45) is 0 Å². The number of halogens is 1. The van der Waals surface area contributed by atoms with Gasteiger partial charge in [-0.05, 0) is 29.2 Å². The molecule has 4 rings (SSSR count). The zero-order chi connectivity index (χ0) is 15.7. The van der Waals surface area contributed by atoms with E-state index in [1.54, 1.807) is 6.33 Å². The van der Waals surface area contributed by atoms with Crippen molar-refractivity contribution >= 4 is 32.8 Å². The number of aromatic nitrogens is 4. The maximum Gasteiger partial charge on any atom is 0.285 e. The highest BCUT2D eigenvalue weighted by Gasteiger charge is 2.16. The molecule has 0 aliphatic carbocycles. The quantitative estimate of drug-likeness (QED) is 0.324. The van der Waals surface area contributed by atoms with Crippen molar-refractivity contribution in [1.29, 1.82) is 0 Å². The van der Waals surface area contributed by atoms with Gasteiger partial charge < -0.3 is 10.5 Å². The van der Waals surface area contributed by atoms with Crippen LogP contribution in [0.5, 0.6) is 0 Å². The molecule has 120 valence electrons. The van der Waals surface area contributed by atoms with Gasteiger partial charge in [0, 0.05) is 12.4 Å². The zero-order valence-corrected chi connectivity index (χ0v) is 12.2. The number of H-pyrrole nitrogens is 2. The molecular formula is C13H11ClN4O5. The van der Waals surface area contributed by atoms with Crippen LogP contribution in [-0.4, -0.2) is 20.4 Å². The van der Waals surface area contributed by atoms with Gasteiger partial charge in [0.15, 0.2) is 5.52 Å². The molecule has 23 heavy (non-hydrogen) atoms. The number of fused-ring (bicyclic) bond motifs is 6. The second-order valence-corrected chi connectivity index (χ2v) is 5.12. The number of aromatic amines is 2. The van der Waals surface area contributed by atoms with Crippen LogP contribution in [0.1, 0.15) is 0 Å². The van der Waals surface area contributed by atoms with Crippen LogP contribution < -0.4 is 23.6 Å². The van der Waals surface area contributed by atoms with Crippen LogP contribution in [0.2, 0.25) is 0 Å². The summed E-state index contributed by atoms with van der Waals surface area (Å²) in [6, 6.07) is 8.04. The molecule has 4 aromatic rings. The summed E-state index contributed by atoms with van der Waals surface area (Å²) in [5.74, 6) is 0. The maximum absolute atomic E-state index is 8.49. The Balaban J connectivity index is 0.000000284. The monoisotopic (exact) mass is 338 g/mol. The van der Waals surface area contributed by atoms with Crippen LogP contribution in [0.25, 0.3) is 32.8 Å². The summed E-state index contributed by atoms with van der Waals surface area (Å²) in [4.78, 5) is 15.3. The van der Waals surface area contributed by atoms with Gasteiger partial charge in [0.25, 0.3) is 6.33 Å². The molecule has 0 aliphatic heterocycles. The van der Waals surface area contributed by atoms with Crippen molar-refractivity contribution in [3.05, 3.63) is 43.0 Å². The third-order valence-electron chi connectivity index (χ3n) is 3.06. The van der Waals surface area contributed by atoms with Crippen molar-refractivity contribution in [2.45, 2.75) is 0 Å². The summed E-state index contributed by atoms with van der Waals surface area (Å²) in [5, 5.41) is 2.19. The van der Waals surface area contributed by atoms with Crippen LogP contribution in [0.15, 0.2) is 43.0 Å². The highest BCUT2D eigenvalue weighted by Crippen LogP contribution is 2.28. The van der Waals surface area contributed by atoms with Crippen molar-refractivity contribution < 1.29 is 39.3 Å². The number of nitrogens with one attached hydrogen (secondary N) is 2. The molecule has 0 amide bonds. The standard InChI is InChI=1S/C13H8N4.ClHO4.H2O/c1-3-8-10(14-5-1)11-9(4-2-6-15-11)13-12(8)16-7-17-13;2-1(3,4)5;/h1-7,14H;(H,2,3,4,5);1H2. The van der Waals surface area contributed by atoms with Gasteiger partial charge in [-0.25, -0.2) is 23.6 Å². The number of imidazole rings is 1. The third kappa shape index (κ3) is 3.51. The normalized spacial score (nSPS) is 11.1. The molecule has 0 saturated carbocycles. The van der Waals surface area contributed by atoms with Crippen molar-refractivity contribution in [3.8, 4) is 0 Å². The van der Waals surface area contributed by atoms with Gasteiger partial charge in [-0.3, -0.25) is 4.98 Å². The molecule has 0 bridgehead atoms. The summed E-state index contributed by atoms with van der Waals surface area (Å²) < 4.78 is 34.0. The Bertz CT molecular complexity index is 877. The number of benzene rings is 1. The van der Waals surface area contributed by atoms with Crippen LogP contribution in [-0.2, 0) is 0 Å². The summed E-state index contributed by atoms with van der Waals surface area (Å²) >= 11 is 0. The molecule has 0 saturated heterocycles. The molecule has 3 aromatic heterocycles. The zero-order valence-electron chi connectivity index (χ0n) is 11.4. The largest absolute Gasteiger partial charge is 0.412 e. The predicted octanol–water partition coefficient (Wildman–Crippen LogP) is -3.50. The smallest absolute Gasteiger partial charge is 0.285 e. The topological polar surface area (TPSA) is 179 Å². The van der Waals surface area contributed by atoms with Gasteiger partial charge in [0.1, 0.15) is 0 Å². The summed E-state index contributed by atoms with van der Waals surface area (Å²) in [5.41, 5.74) is 4.03. The number of hydrogen-bond donors (Lipinski definition) is 1. The van der Waals surface area contributed by atoms with E-state index >= 15 is 0 Å². The van der Waals surface area contributed by atoms with Gasteiger partial charge in [-0.1, -0.05) is 0 Å². The number of rotatable bonds is 0. The molecule has 9 nitrogen and oxygen atoms in total. The SMILES string of the molecule is O.[O-][Cl+3]([O-])([O-])[O-].c1c[nH]c2c(c1)c1nc[nH+]c1c1cccnc12. The van der Waals surface area contributed by atoms with E-state index in [1.165, 1.54) is 0 Å². The molecule has 3 heterocycles. The first-order valence-electron chi connectivity index (χ1n) is 6.07. The van der Waals surface area contributed by atoms with Gasteiger partial charge in [-0.15, -0.1) is 10.2 Å². The highest BCUT2D eigenvalue weighted by molar-refractivity contribution is 6.19. The molecule has 0 fully saturated rings. The summed E-state index contributed by atoms with van der Waals surface area (Å²) in [7, 11) is -4.94. The van der Waals surface area contributed by atoms with E-state index in [0.29, 0.717) is 0 Å². The van der Waals surface area contributed by atoms with Crippen molar-refractivity contribution in [1.82, 2.24) is 15.0 Å². The first-order valence-corrected chi connectivity index (χ1v) is 7.30. The average molecular weight is 339 g/mol. The Morgan fingerprint density at radius 1 is 0.957 bits per heavy atom. The minimum atomic E-state index is -4.94. The van der Waals surface area contributed by atoms with E-state index in [4.69, 9.17) is 18.6 Å². The van der Waals surface area contributed by atoms with Crippen LogP contribution in [0.3, 0.4) is 0 Å². The fourth-order valence-corrected chi connectivity index (χ4v) is 2.34. The average Bonchev–Trinajstić information content (AvgIpc) is 2.96.